The first kappa shape index (κ1) is 17.6. The molecule has 23 heavy (non-hydrogen) atoms. The van der Waals surface area contributed by atoms with Gasteiger partial charge in [-0.2, -0.15) is 0 Å². The minimum Gasteiger partial charge on any atom is -0.462 e. The summed E-state index contributed by atoms with van der Waals surface area (Å²) in [5.41, 5.74) is -0.0443. The summed E-state index contributed by atoms with van der Waals surface area (Å²) in [6, 6.07) is 0. The van der Waals surface area contributed by atoms with Crippen molar-refractivity contribution in [1.29, 1.82) is 0 Å². The van der Waals surface area contributed by atoms with Crippen molar-refractivity contribution in [3.8, 4) is 0 Å². The topological polar surface area (TPSA) is 79.7 Å². The van der Waals surface area contributed by atoms with Crippen LogP contribution in [-0.2, 0) is 20.8 Å². The lowest BCUT2D eigenvalue weighted by Gasteiger charge is -2.14. The molecule has 8 heteroatoms. The Morgan fingerprint density at radius 2 is 2.13 bits per heavy atom. The highest BCUT2D eigenvalue weighted by Crippen LogP contribution is 2.21. The standard InChI is InChI=1S/C15H20N2O5S/c1-4-5-6-22-15(19)10-8-23-13-12(10)14(18)17(9-16-13)7-11(20-2)21-3/h8-9,11H,4-7H2,1-3H3. The van der Waals surface area contributed by atoms with Crippen LogP contribution in [0, 0.1) is 0 Å². The van der Waals surface area contributed by atoms with E-state index in [0.717, 1.165) is 12.8 Å². The van der Waals surface area contributed by atoms with Crippen molar-refractivity contribution in [3.05, 3.63) is 27.6 Å². The summed E-state index contributed by atoms with van der Waals surface area (Å²) in [7, 11) is 2.98. The summed E-state index contributed by atoms with van der Waals surface area (Å²) < 4.78 is 16.8. The first-order valence-electron chi connectivity index (χ1n) is 7.31. The smallest absolute Gasteiger partial charge is 0.339 e. The van der Waals surface area contributed by atoms with E-state index in [9.17, 15) is 9.59 Å². The number of thiophene rings is 1. The van der Waals surface area contributed by atoms with Crippen LogP contribution in [-0.4, -0.2) is 42.6 Å². The molecule has 0 unspecified atom stereocenters. The van der Waals surface area contributed by atoms with Gasteiger partial charge in [0, 0.05) is 19.6 Å². The van der Waals surface area contributed by atoms with Crippen molar-refractivity contribution in [1.82, 2.24) is 9.55 Å². The summed E-state index contributed by atoms with van der Waals surface area (Å²) in [5.74, 6) is -0.489. The molecule has 0 spiro atoms. The molecule has 7 nitrogen and oxygen atoms in total. The minimum absolute atomic E-state index is 0.189. The molecular formula is C15H20N2O5S. The van der Waals surface area contributed by atoms with Crippen LogP contribution in [0.15, 0.2) is 16.5 Å². The molecule has 2 aromatic rings. The Bertz CT molecular complexity index is 720. The molecule has 0 saturated carbocycles. The number of rotatable bonds is 8. The maximum absolute atomic E-state index is 12.6. The zero-order valence-corrected chi connectivity index (χ0v) is 14.2. The average molecular weight is 340 g/mol. The van der Waals surface area contributed by atoms with Gasteiger partial charge >= 0.3 is 5.97 Å². The van der Waals surface area contributed by atoms with Gasteiger partial charge in [-0.1, -0.05) is 13.3 Å². The second-order valence-corrected chi connectivity index (χ2v) is 5.78. The van der Waals surface area contributed by atoms with E-state index in [1.165, 1.54) is 36.5 Å². The Kier molecular flexibility index (Phi) is 6.26. The number of aromatic nitrogens is 2. The molecule has 2 rings (SSSR count). The average Bonchev–Trinajstić information content (AvgIpc) is 2.99. The zero-order chi connectivity index (χ0) is 16.8. The molecule has 0 bridgehead atoms. The Hall–Kier alpha value is -1.77. The second kappa shape index (κ2) is 8.19. The van der Waals surface area contributed by atoms with Gasteiger partial charge in [0.2, 0.25) is 0 Å². The van der Waals surface area contributed by atoms with E-state index in [-0.39, 0.29) is 23.1 Å². The van der Waals surface area contributed by atoms with Crippen LogP contribution < -0.4 is 5.56 Å². The summed E-state index contributed by atoms with van der Waals surface area (Å²) >= 11 is 1.25. The molecular weight excluding hydrogens is 320 g/mol. The molecule has 0 aliphatic carbocycles. The highest BCUT2D eigenvalue weighted by Gasteiger charge is 2.19. The highest BCUT2D eigenvalue weighted by atomic mass is 32.1. The summed E-state index contributed by atoms with van der Waals surface area (Å²) in [5, 5.41) is 1.90. The number of esters is 1. The third-order valence-electron chi connectivity index (χ3n) is 3.38. The highest BCUT2D eigenvalue weighted by molar-refractivity contribution is 7.17. The molecule has 2 aromatic heterocycles. The molecule has 0 saturated heterocycles. The molecule has 0 fully saturated rings. The van der Waals surface area contributed by atoms with Gasteiger partial charge in [-0.05, 0) is 6.42 Å². The van der Waals surface area contributed by atoms with E-state index in [1.807, 2.05) is 6.92 Å². The van der Waals surface area contributed by atoms with E-state index in [1.54, 1.807) is 5.38 Å². The lowest BCUT2D eigenvalue weighted by Crippen LogP contribution is -2.29. The van der Waals surface area contributed by atoms with Crippen molar-refractivity contribution in [2.45, 2.75) is 32.6 Å². The van der Waals surface area contributed by atoms with E-state index >= 15 is 0 Å². The largest absolute Gasteiger partial charge is 0.462 e. The molecule has 0 amide bonds. The zero-order valence-electron chi connectivity index (χ0n) is 13.4. The van der Waals surface area contributed by atoms with Crippen LogP contribution in [0.3, 0.4) is 0 Å². The number of carbonyl (C=O) groups excluding carboxylic acids is 1. The normalized spacial score (nSPS) is 11.3. The molecule has 2 heterocycles. The van der Waals surface area contributed by atoms with E-state index < -0.39 is 12.3 Å². The number of unbranched alkanes of at least 4 members (excludes halogenated alkanes) is 1. The van der Waals surface area contributed by atoms with Gasteiger partial charge in [-0.3, -0.25) is 9.36 Å². The van der Waals surface area contributed by atoms with Gasteiger partial charge in [0.1, 0.15) is 4.83 Å². The predicted octanol–water partition coefficient (Wildman–Crippen LogP) is 2.03. The maximum atomic E-state index is 12.6. The second-order valence-electron chi connectivity index (χ2n) is 4.92. The van der Waals surface area contributed by atoms with Crippen molar-refractivity contribution in [2.24, 2.45) is 0 Å². The third-order valence-corrected chi connectivity index (χ3v) is 4.27. The van der Waals surface area contributed by atoms with Gasteiger partial charge < -0.3 is 14.2 Å². The van der Waals surface area contributed by atoms with Crippen LogP contribution in [0.4, 0.5) is 0 Å². The van der Waals surface area contributed by atoms with Gasteiger partial charge in [-0.15, -0.1) is 11.3 Å². The summed E-state index contributed by atoms with van der Waals surface area (Å²) in [4.78, 5) is 29.5. The van der Waals surface area contributed by atoms with Crippen molar-refractivity contribution >= 4 is 27.5 Å². The summed E-state index contributed by atoms with van der Waals surface area (Å²) in [6.07, 6.45) is 2.59. The Labute approximate surface area is 137 Å². The Morgan fingerprint density at radius 3 is 2.78 bits per heavy atom. The fourth-order valence-corrected chi connectivity index (χ4v) is 2.91. The number of hydrogen-bond donors (Lipinski definition) is 0. The van der Waals surface area contributed by atoms with Gasteiger partial charge in [0.25, 0.3) is 5.56 Å². The van der Waals surface area contributed by atoms with E-state index in [4.69, 9.17) is 14.2 Å². The molecule has 0 aromatic carbocycles. The van der Waals surface area contributed by atoms with Crippen LogP contribution in [0.1, 0.15) is 30.1 Å². The molecule has 126 valence electrons. The van der Waals surface area contributed by atoms with E-state index in [0.29, 0.717) is 11.4 Å². The first-order valence-corrected chi connectivity index (χ1v) is 8.19. The SMILES string of the molecule is CCCCOC(=O)c1csc2ncn(CC(OC)OC)c(=O)c12. The van der Waals surface area contributed by atoms with Crippen molar-refractivity contribution < 1.29 is 19.0 Å². The lowest BCUT2D eigenvalue weighted by atomic mass is 10.2. The maximum Gasteiger partial charge on any atom is 0.339 e. The van der Waals surface area contributed by atoms with E-state index in [2.05, 4.69) is 4.98 Å². The minimum atomic E-state index is -0.564. The quantitative estimate of drug-likeness (QED) is 0.416. The number of ether oxygens (including phenoxy) is 3. The fraction of sp³-hybridized carbons (Fsp3) is 0.533. The molecule has 0 radical (unpaired) electrons. The summed E-state index contributed by atoms with van der Waals surface area (Å²) in [6.45, 7) is 2.55. The van der Waals surface area contributed by atoms with Crippen LogP contribution in [0.2, 0.25) is 0 Å². The molecule has 0 N–H and O–H groups in total. The molecule has 0 aliphatic rings. The van der Waals surface area contributed by atoms with Crippen molar-refractivity contribution in [3.63, 3.8) is 0 Å². The predicted molar refractivity (Wildman–Crippen MR) is 86.9 cm³/mol. The van der Waals surface area contributed by atoms with Crippen LogP contribution in [0.25, 0.3) is 10.2 Å². The molecule has 0 aliphatic heterocycles. The van der Waals surface area contributed by atoms with Gasteiger partial charge in [-0.25, -0.2) is 9.78 Å². The van der Waals surface area contributed by atoms with Crippen molar-refractivity contribution in [2.75, 3.05) is 20.8 Å². The number of methoxy groups -OCH3 is 2. The Balaban J connectivity index is 2.33. The fourth-order valence-electron chi connectivity index (χ4n) is 2.04. The van der Waals surface area contributed by atoms with Crippen LogP contribution >= 0.6 is 11.3 Å². The monoisotopic (exact) mass is 340 g/mol. The third kappa shape index (κ3) is 3.95. The number of nitrogens with zero attached hydrogens (tertiary/aromatic N) is 2. The van der Waals surface area contributed by atoms with Crippen LogP contribution in [0.5, 0.6) is 0 Å². The number of fused-ring (bicyclic) bond motifs is 1. The lowest BCUT2D eigenvalue weighted by molar-refractivity contribution is -0.111. The van der Waals surface area contributed by atoms with Gasteiger partial charge in [0.15, 0.2) is 6.29 Å². The molecule has 0 atom stereocenters. The number of hydrogen-bond acceptors (Lipinski definition) is 7. The van der Waals surface area contributed by atoms with Gasteiger partial charge in [0.05, 0.1) is 30.4 Å². The Morgan fingerprint density at radius 1 is 1.39 bits per heavy atom. The number of carbonyl (C=O) groups is 1. The first-order chi connectivity index (χ1) is 11.1.